The molecule has 2 aromatic carbocycles. The van der Waals surface area contributed by atoms with Crippen LogP contribution in [0.3, 0.4) is 0 Å². The average molecular weight is 681 g/mol. The van der Waals surface area contributed by atoms with Gasteiger partial charge in [0.25, 0.3) is 11.8 Å². The summed E-state index contributed by atoms with van der Waals surface area (Å²) in [6.07, 6.45) is -3.62. The fourth-order valence-electron chi connectivity index (χ4n) is 3.89. The van der Waals surface area contributed by atoms with Crippen molar-refractivity contribution in [2.45, 2.75) is 43.3 Å². The number of hydrogen-bond donors (Lipinski definition) is 1. The third kappa shape index (κ3) is 7.62. The molecule has 1 saturated carbocycles. The summed E-state index contributed by atoms with van der Waals surface area (Å²) < 4.78 is 82.2. The van der Waals surface area contributed by atoms with Gasteiger partial charge >= 0.3 is 6.18 Å². The van der Waals surface area contributed by atoms with Gasteiger partial charge in [-0.15, -0.1) is 0 Å². The van der Waals surface area contributed by atoms with Crippen LogP contribution in [0.1, 0.15) is 47.2 Å². The van der Waals surface area contributed by atoms with E-state index in [2.05, 4.69) is 21.2 Å². The lowest BCUT2D eigenvalue weighted by Crippen LogP contribution is -2.51. The molecule has 0 radical (unpaired) electrons. The summed E-state index contributed by atoms with van der Waals surface area (Å²) in [6, 6.07) is 5.84. The number of allylic oxidation sites excluding steroid dienone is 1. The van der Waals surface area contributed by atoms with Crippen LogP contribution in [0.5, 0.6) is 0 Å². The molecule has 0 saturated heterocycles. The summed E-state index contributed by atoms with van der Waals surface area (Å²) in [6.45, 7) is -0.873. The number of nitrogens with zero attached hydrogens (tertiary/aromatic N) is 1. The number of likely N-dealkylation sites (N-methyl/N-ethyl adjacent to an activating group) is 1. The minimum atomic E-state index is -4.60. The molecule has 212 valence electrons. The molecular formula is C25H20BrCl3F6N2O2. The number of carbonyl (C=O) groups excluding carboxylic acids is 2. The summed E-state index contributed by atoms with van der Waals surface area (Å²) in [5, 5.41) is 2.25. The van der Waals surface area contributed by atoms with Gasteiger partial charge in [0.1, 0.15) is 17.9 Å². The second-order valence-corrected chi connectivity index (χ2v) is 11.3. The van der Waals surface area contributed by atoms with Crippen LogP contribution >= 0.6 is 50.7 Å². The molecule has 0 aromatic heterocycles. The summed E-state index contributed by atoms with van der Waals surface area (Å²) in [4.78, 5) is 25.8. The Morgan fingerprint density at radius 2 is 1.67 bits per heavy atom. The van der Waals surface area contributed by atoms with Crippen LogP contribution in [0.15, 0.2) is 40.9 Å². The number of carbonyl (C=O) groups is 2. The third-order valence-electron chi connectivity index (χ3n) is 5.99. The number of rotatable bonds is 8. The number of halogens is 10. The smallest absolute Gasteiger partial charge is 0.338 e. The Kier molecular flexibility index (Phi) is 9.31. The molecule has 0 spiro atoms. The first kappa shape index (κ1) is 31.6. The largest absolute Gasteiger partial charge is 0.406 e. The molecule has 3 rings (SSSR count). The van der Waals surface area contributed by atoms with Crippen molar-refractivity contribution in [3.8, 4) is 0 Å². The Hall–Kier alpha value is -1.95. The lowest BCUT2D eigenvalue weighted by molar-refractivity contribution is -0.160. The van der Waals surface area contributed by atoms with Gasteiger partial charge in [-0.05, 0) is 64.7 Å². The van der Waals surface area contributed by atoms with Crippen molar-refractivity contribution in [1.29, 1.82) is 0 Å². The highest BCUT2D eigenvalue weighted by Gasteiger charge is 2.53. The highest BCUT2D eigenvalue weighted by molar-refractivity contribution is 9.10. The normalized spacial score (nSPS) is 16.1. The van der Waals surface area contributed by atoms with Crippen LogP contribution in [0.25, 0.3) is 5.83 Å². The average Bonchev–Trinajstić information content (AvgIpc) is 3.58. The summed E-state index contributed by atoms with van der Waals surface area (Å²) >= 11 is 20.9. The van der Waals surface area contributed by atoms with E-state index >= 15 is 4.39 Å². The lowest BCUT2D eigenvalue weighted by atomic mass is 9.92. The summed E-state index contributed by atoms with van der Waals surface area (Å²) in [5.41, 5.74) is -1.75. The number of alkyl halides is 5. The maximum Gasteiger partial charge on any atom is 0.406 e. The first-order chi connectivity index (χ1) is 17.8. The molecule has 1 aliphatic rings. The summed E-state index contributed by atoms with van der Waals surface area (Å²) in [7, 11) is 0.987. The van der Waals surface area contributed by atoms with Gasteiger partial charge in [0.15, 0.2) is 0 Å². The van der Waals surface area contributed by atoms with Gasteiger partial charge in [-0.3, -0.25) is 9.59 Å². The standard InChI is InChI=1S/C25H20BrCl3F6N2O2/c1-23(31,32)15(13-8-17(27)20(29)18(28)9-13)10-19(30)12-3-4-14(16(26)7-12)21(38)36-24(5-6-24)22(39)37(2)11-25(33,34)35/h3-4,7-10,15H,5-6,11H2,1-2H3,(H,36,38)/b19-10-. The van der Waals surface area contributed by atoms with Crippen molar-refractivity contribution >= 4 is 68.4 Å². The van der Waals surface area contributed by atoms with Crippen LogP contribution in [0, 0.1) is 0 Å². The van der Waals surface area contributed by atoms with Crippen LogP contribution in [-0.2, 0) is 4.79 Å². The van der Waals surface area contributed by atoms with E-state index in [9.17, 15) is 31.5 Å². The Bertz CT molecular complexity index is 1300. The zero-order valence-corrected chi connectivity index (χ0v) is 24.1. The van der Waals surface area contributed by atoms with Crippen molar-refractivity contribution in [2.75, 3.05) is 13.6 Å². The molecule has 2 amide bonds. The fraction of sp³-hybridized carbons (Fsp3) is 0.360. The molecular weight excluding hydrogens is 661 g/mol. The zero-order chi connectivity index (χ0) is 29.5. The molecule has 1 unspecified atom stereocenters. The Morgan fingerprint density at radius 3 is 2.13 bits per heavy atom. The first-order valence-corrected chi connectivity index (χ1v) is 13.1. The van der Waals surface area contributed by atoms with Crippen molar-refractivity contribution in [2.24, 2.45) is 0 Å². The Labute approximate surface area is 243 Å². The number of hydrogen-bond acceptors (Lipinski definition) is 2. The van der Waals surface area contributed by atoms with Crippen LogP contribution in [0.2, 0.25) is 15.1 Å². The molecule has 14 heteroatoms. The SMILES string of the molecule is CN(CC(F)(F)F)C(=O)C1(NC(=O)c2ccc(/C(F)=C/C(c3cc(Cl)c(Cl)c(Cl)c3)C(C)(F)F)cc2Br)CC1. The van der Waals surface area contributed by atoms with Gasteiger partial charge in [-0.2, -0.15) is 13.2 Å². The molecule has 1 atom stereocenters. The van der Waals surface area contributed by atoms with E-state index in [0.717, 1.165) is 25.2 Å². The lowest BCUT2D eigenvalue weighted by Gasteiger charge is -2.25. The number of amides is 2. The number of nitrogens with one attached hydrogen (secondary N) is 1. The van der Waals surface area contributed by atoms with E-state index in [1.54, 1.807) is 0 Å². The predicted octanol–water partition coefficient (Wildman–Crippen LogP) is 8.44. The van der Waals surface area contributed by atoms with Crippen LogP contribution < -0.4 is 5.32 Å². The minimum Gasteiger partial charge on any atom is -0.338 e. The maximum atomic E-state index is 15.2. The van der Waals surface area contributed by atoms with Crippen molar-refractivity contribution in [1.82, 2.24) is 10.2 Å². The molecule has 1 aliphatic carbocycles. The fourth-order valence-corrected chi connectivity index (χ4v) is 5.06. The van der Waals surface area contributed by atoms with Crippen LogP contribution in [-0.4, -0.2) is 47.9 Å². The second kappa shape index (κ2) is 11.5. The molecule has 0 aliphatic heterocycles. The van der Waals surface area contributed by atoms with Crippen molar-refractivity contribution in [3.05, 3.63) is 72.6 Å². The Balaban J connectivity index is 1.84. The highest BCUT2D eigenvalue weighted by Crippen LogP contribution is 2.42. The van der Waals surface area contributed by atoms with Gasteiger partial charge in [0, 0.05) is 24.0 Å². The van der Waals surface area contributed by atoms with Crippen molar-refractivity contribution in [3.63, 3.8) is 0 Å². The monoisotopic (exact) mass is 678 g/mol. The van der Waals surface area contributed by atoms with E-state index in [0.29, 0.717) is 17.9 Å². The quantitative estimate of drug-likeness (QED) is 0.225. The van der Waals surface area contributed by atoms with Gasteiger partial charge in [0.2, 0.25) is 5.91 Å². The predicted molar refractivity (Wildman–Crippen MR) is 141 cm³/mol. The topological polar surface area (TPSA) is 49.4 Å². The summed E-state index contributed by atoms with van der Waals surface area (Å²) in [5.74, 6) is -7.92. The molecule has 4 nitrogen and oxygen atoms in total. The van der Waals surface area contributed by atoms with Crippen LogP contribution in [0.4, 0.5) is 26.3 Å². The molecule has 1 fully saturated rings. The van der Waals surface area contributed by atoms with E-state index in [1.165, 1.54) is 12.1 Å². The highest BCUT2D eigenvalue weighted by atomic mass is 79.9. The van der Waals surface area contributed by atoms with Gasteiger partial charge < -0.3 is 10.2 Å². The molecule has 39 heavy (non-hydrogen) atoms. The number of benzene rings is 2. The molecule has 0 bridgehead atoms. The van der Waals surface area contributed by atoms with Gasteiger partial charge in [-0.25, -0.2) is 13.2 Å². The minimum absolute atomic E-state index is 0.0378. The van der Waals surface area contributed by atoms with E-state index < -0.39 is 47.7 Å². The van der Waals surface area contributed by atoms with E-state index in [4.69, 9.17) is 34.8 Å². The maximum absolute atomic E-state index is 15.2. The molecule has 1 N–H and O–H groups in total. The first-order valence-electron chi connectivity index (χ1n) is 11.2. The third-order valence-corrected chi connectivity index (χ3v) is 7.84. The van der Waals surface area contributed by atoms with Gasteiger partial charge in [-0.1, -0.05) is 40.9 Å². The van der Waals surface area contributed by atoms with Crippen molar-refractivity contribution < 1.29 is 35.9 Å². The zero-order valence-electron chi connectivity index (χ0n) is 20.2. The van der Waals surface area contributed by atoms with Gasteiger partial charge in [0.05, 0.1) is 26.5 Å². The van der Waals surface area contributed by atoms with E-state index in [1.807, 2.05) is 0 Å². The second-order valence-electron chi connectivity index (χ2n) is 9.25. The van der Waals surface area contributed by atoms with E-state index in [-0.39, 0.29) is 49.1 Å². The Morgan fingerprint density at radius 1 is 1.10 bits per heavy atom. The molecule has 0 heterocycles. The molecule has 2 aromatic rings.